The average Bonchev–Trinajstić information content (AvgIpc) is 2.52. The van der Waals surface area contributed by atoms with E-state index in [0.717, 1.165) is 4.90 Å². The molecule has 1 fully saturated rings. The van der Waals surface area contributed by atoms with Crippen LogP contribution >= 0.6 is 0 Å². The third kappa shape index (κ3) is 3.00. The molecule has 0 radical (unpaired) electrons. The van der Waals surface area contributed by atoms with E-state index in [9.17, 15) is 14.4 Å². The van der Waals surface area contributed by atoms with Crippen molar-refractivity contribution in [1.82, 2.24) is 4.90 Å². The second-order valence-electron chi connectivity index (χ2n) is 5.36. The van der Waals surface area contributed by atoms with Gasteiger partial charge in [0.25, 0.3) is 0 Å². The summed E-state index contributed by atoms with van der Waals surface area (Å²) in [5, 5.41) is 0. The minimum absolute atomic E-state index is 0.269. The molecule has 1 heterocycles. The van der Waals surface area contributed by atoms with Crippen LogP contribution in [0.25, 0.3) is 0 Å². The molecule has 0 aromatic rings. The highest BCUT2D eigenvalue weighted by Gasteiger charge is 2.46. The van der Waals surface area contributed by atoms with Crippen LogP contribution < -0.4 is 0 Å². The number of rotatable bonds is 1. The molecule has 0 saturated carbocycles. The molecule has 18 heavy (non-hydrogen) atoms. The Bertz CT molecular complexity index is 371. The number of hydrogen-bond donors (Lipinski definition) is 0. The topological polar surface area (TPSA) is 72.9 Å². The highest BCUT2D eigenvalue weighted by molar-refractivity contribution is 6.00. The monoisotopic (exact) mass is 257 g/mol. The predicted octanol–water partition coefficient (Wildman–Crippen LogP) is 1.33. The Morgan fingerprint density at radius 2 is 1.89 bits per heavy atom. The predicted molar refractivity (Wildman–Crippen MR) is 62.7 cm³/mol. The van der Waals surface area contributed by atoms with Crippen molar-refractivity contribution in [3.8, 4) is 0 Å². The molecular formula is C12H19NO5. The highest BCUT2D eigenvalue weighted by atomic mass is 16.6. The van der Waals surface area contributed by atoms with Crippen molar-refractivity contribution in [1.29, 1.82) is 0 Å². The normalized spacial score (nSPS) is 24.1. The average molecular weight is 257 g/mol. The van der Waals surface area contributed by atoms with Crippen molar-refractivity contribution >= 4 is 18.0 Å². The zero-order chi connectivity index (χ0) is 14.1. The van der Waals surface area contributed by atoms with E-state index in [0.29, 0.717) is 0 Å². The molecule has 2 amide bonds. The number of ether oxygens (including phenoxy) is 2. The fourth-order valence-corrected chi connectivity index (χ4v) is 1.80. The number of imide groups is 1. The van der Waals surface area contributed by atoms with Gasteiger partial charge < -0.3 is 9.47 Å². The molecule has 0 aliphatic carbocycles. The van der Waals surface area contributed by atoms with Crippen molar-refractivity contribution in [2.75, 3.05) is 7.11 Å². The molecule has 0 N–H and O–H groups in total. The molecular weight excluding hydrogens is 238 g/mol. The molecule has 2 unspecified atom stereocenters. The molecule has 0 aromatic heterocycles. The summed E-state index contributed by atoms with van der Waals surface area (Å²) in [5.74, 6) is -1.39. The minimum atomic E-state index is -0.882. The summed E-state index contributed by atoms with van der Waals surface area (Å²) in [5.41, 5.74) is -0.718. The van der Waals surface area contributed by atoms with Gasteiger partial charge in [-0.15, -0.1) is 0 Å². The van der Waals surface area contributed by atoms with Crippen LogP contribution in [-0.4, -0.2) is 41.6 Å². The van der Waals surface area contributed by atoms with Crippen molar-refractivity contribution in [2.24, 2.45) is 5.92 Å². The Morgan fingerprint density at radius 3 is 2.33 bits per heavy atom. The van der Waals surface area contributed by atoms with Gasteiger partial charge in [-0.2, -0.15) is 0 Å². The molecule has 0 aromatic carbocycles. The maximum absolute atomic E-state index is 11.9. The van der Waals surface area contributed by atoms with Crippen molar-refractivity contribution in [3.63, 3.8) is 0 Å². The van der Waals surface area contributed by atoms with Crippen LogP contribution in [0.4, 0.5) is 4.79 Å². The molecule has 6 nitrogen and oxygen atoms in total. The molecule has 2 atom stereocenters. The first-order chi connectivity index (χ1) is 8.17. The Labute approximate surface area is 106 Å². The van der Waals surface area contributed by atoms with Gasteiger partial charge in [0, 0.05) is 5.92 Å². The van der Waals surface area contributed by atoms with Gasteiger partial charge in [-0.3, -0.25) is 4.79 Å². The lowest BCUT2D eigenvalue weighted by molar-refractivity contribution is -0.148. The van der Waals surface area contributed by atoms with Crippen LogP contribution in [0.15, 0.2) is 0 Å². The first kappa shape index (κ1) is 14.5. The smallest absolute Gasteiger partial charge is 0.417 e. The zero-order valence-corrected chi connectivity index (χ0v) is 11.4. The number of hydrogen-bond acceptors (Lipinski definition) is 5. The Hall–Kier alpha value is -1.59. The quantitative estimate of drug-likeness (QED) is 0.663. The van der Waals surface area contributed by atoms with Crippen molar-refractivity contribution < 1.29 is 23.9 Å². The summed E-state index contributed by atoms with van der Waals surface area (Å²) < 4.78 is 9.72. The van der Waals surface area contributed by atoms with Crippen LogP contribution in [0.1, 0.15) is 34.1 Å². The molecule has 1 aliphatic heterocycles. The Balaban J connectivity index is 2.91. The van der Waals surface area contributed by atoms with Gasteiger partial charge >= 0.3 is 12.1 Å². The fourth-order valence-electron chi connectivity index (χ4n) is 1.80. The third-order valence-electron chi connectivity index (χ3n) is 2.61. The van der Waals surface area contributed by atoms with Gasteiger partial charge in [-0.05, 0) is 27.2 Å². The standard InChI is InChI=1S/C12H19NO5/c1-7-6-8(10(15)17-5)13(9(7)14)11(16)18-12(2,3)4/h7-8H,6H2,1-5H3. The van der Waals surface area contributed by atoms with E-state index in [-0.39, 0.29) is 12.3 Å². The molecule has 6 heteroatoms. The number of methoxy groups -OCH3 is 1. The van der Waals surface area contributed by atoms with Gasteiger partial charge in [-0.25, -0.2) is 14.5 Å². The lowest BCUT2D eigenvalue weighted by Crippen LogP contribution is -2.46. The SMILES string of the molecule is COC(=O)C1CC(C)C(=O)N1C(=O)OC(C)(C)C. The fraction of sp³-hybridized carbons (Fsp3) is 0.750. The maximum Gasteiger partial charge on any atom is 0.417 e. The number of amides is 2. The van der Waals surface area contributed by atoms with Gasteiger partial charge in [0.05, 0.1) is 7.11 Å². The summed E-state index contributed by atoms with van der Waals surface area (Å²) in [7, 11) is 1.23. The molecule has 1 saturated heterocycles. The lowest BCUT2D eigenvalue weighted by Gasteiger charge is -2.26. The van der Waals surface area contributed by atoms with Crippen LogP contribution in [0.3, 0.4) is 0 Å². The van der Waals surface area contributed by atoms with Gasteiger partial charge in [-0.1, -0.05) is 6.92 Å². The van der Waals surface area contributed by atoms with Crippen LogP contribution in [0.5, 0.6) is 0 Å². The van der Waals surface area contributed by atoms with E-state index in [1.54, 1.807) is 27.7 Å². The summed E-state index contributed by atoms with van der Waals surface area (Å²) in [6.45, 7) is 6.76. The molecule has 1 rings (SSSR count). The number of nitrogens with zero attached hydrogens (tertiary/aromatic N) is 1. The molecule has 0 bridgehead atoms. The second-order valence-corrected chi connectivity index (χ2v) is 5.36. The number of carbonyl (C=O) groups is 3. The Kier molecular flexibility index (Phi) is 3.98. The first-order valence-corrected chi connectivity index (χ1v) is 5.81. The van der Waals surface area contributed by atoms with Gasteiger partial charge in [0.2, 0.25) is 5.91 Å². The first-order valence-electron chi connectivity index (χ1n) is 5.81. The third-order valence-corrected chi connectivity index (χ3v) is 2.61. The minimum Gasteiger partial charge on any atom is -0.467 e. The van der Waals surface area contributed by atoms with Crippen LogP contribution in [0.2, 0.25) is 0 Å². The zero-order valence-electron chi connectivity index (χ0n) is 11.4. The number of carbonyl (C=O) groups excluding carboxylic acids is 3. The maximum atomic E-state index is 11.9. The highest BCUT2D eigenvalue weighted by Crippen LogP contribution is 2.27. The largest absolute Gasteiger partial charge is 0.467 e. The van der Waals surface area contributed by atoms with E-state index in [2.05, 4.69) is 4.74 Å². The van der Waals surface area contributed by atoms with E-state index in [1.165, 1.54) is 7.11 Å². The molecule has 102 valence electrons. The summed E-state index contributed by atoms with van der Waals surface area (Å²) in [4.78, 5) is 36.2. The van der Waals surface area contributed by atoms with Crippen LogP contribution in [0, 0.1) is 5.92 Å². The van der Waals surface area contributed by atoms with Crippen LogP contribution in [-0.2, 0) is 19.1 Å². The van der Waals surface area contributed by atoms with E-state index >= 15 is 0 Å². The van der Waals surface area contributed by atoms with Gasteiger partial charge in [0.15, 0.2) is 0 Å². The van der Waals surface area contributed by atoms with E-state index < -0.39 is 29.6 Å². The number of esters is 1. The number of likely N-dealkylation sites (tertiary alicyclic amines) is 1. The molecule has 1 aliphatic rings. The van der Waals surface area contributed by atoms with E-state index in [4.69, 9.17) is 4.74 Å². The Morgan fingerprint density at radius 1 is 1.33 bits per heavy atom. The van der Waals surface area contributed by atoms with Gasteiger partial charge in [0.1, 0.15) is 11.6 Å². The van der Waals surface area contributed by atoms with Crippen molar-refractivity contribution in [3.05, 3.63) is 0 Å². The summed E-state index contributed by atoms with van der Waals surface area (Å²) in [6, 6.07) is -0.882. The van der Waals surface area contributed by atoms with Crippen molar-refractivity contribution in [2.45, 2.75) is 45.8 Å². The summed E-state index contributed by atoms with van der Waals surface area (Å²) >= 11 is 0. The molecule has 0 spiro atoms. The summed E-state index contributed by atoms with van der Waals surface area (Å²) in [6.07, 6.45) is -0.530. The van der Waals surface area contributed by atoms with E-state index in [1.807, 2.05) is 0 Å². The second kappa shape index (κ2) is 4.96. The lowest BCUT2D eigenvalue weighted by atomic mass is 10.1.